The fraction of sp³-hybridized carbons (Fsp3) is 0.529. The fourth-order valence-electron chi connectivity index (χ4n) is 2.18. The normalized spacial score (nSPS) is 11.4. The molecule has 2 amide bonds. The van der Waals surface area contributed by atoms with Crippen molar-refractivity contribution in [2.24, 2.45) is 17.1 Å². The van der Waals surface area contributed by atoms with Crippen LogP contribution in [0.15, 0.2) is 24.3 Å². The first-order chi connectivity index (χ1) is 10.4. The largest absolute Gasteiger partial charge is 0.329 e. The smallest absolute Gasteiger partial charge is 0.231 e. The monoisotopic (exact) mass is 305 g/mol. The predicted molar refractivity (Wildman–Crippen MR) is 90.6 cm³/mol. The van der Waals surface area contributed by atoms with Crippen molar-refractivity contribution in [1.29, 1.82) is 0 Å². The van der Waals surface area contributed by atoms with Crippen LogP contribution in [-0.2, 0) is 9.59 Å². The van der Waals surface area contributed by atoms with Crippen molar-refractivity contribution >= 4 is 23.2 Å². The van der Waals surface area contributed by atoms with Gasteiger partial charge in [-0.2, -0.15) is 0 Å². The Hall–Kier alpha value is -1.88. The van der Waals surface area contributed by atoms with Gasteiger partial charge in [0.25, 0.3) is 0 Å². The Bertz CT molecular complexity index is 514. The van der Waals surface area contributed by atoms with Gasteiger partial charge in [0.15, 0.2) is 0 Å². The van der Waals surface area contributed by atoms with Crippen molar-refractivity contribution in [2.45, 2.75) is 40.5 Å². The van der Waals surface area contributed by atoms with E-state index in [-0.39, 0.29) is 17.7 Å². The maximum atomic E-state index is 12.5. The minimum atomic E-state index is -0.544. The van der Waals surface area contributed by atoms with Gasteiger partial charge in [0.05, 0.1) is 5.41 Å². The van der Waals surface area contributed by atoms with Crippen LogP contribution in [0.3, 0.4) is 0 Å². The first kappa shape index (κ1) is 18.2. The van der Waals surface area contributed by atoms with E-state index in [0.717, 1.165) is 0 Å². The van der Waals surface area contributed by atoms with Crippen LogP contribution in [0.4, 0.5) is 11.4 Å². The summed E-state index contributed by atoms with van der Waals surface area (Å²) in [6.07, 6.45) is 1.38. The lowest BCUT2D eigenvalue weighted by Crippen LogP contribution is -2.41. The van der Waals surface area contributed by atoms with Crippen LogP contribution in [0.1, 0.15) is 40.5 Å². The Morgan fingerprint density at radius 2 is 1.68 bits per heavy atom. The Morgan fingerprint density at radius 1 is 1.14 bits per heavy atom. The molecule has 0 radical (unpaired) electrons. The molecule has 0 aliphatic heterocycles. The number of anilines is 2. The third-order valence-electron chi connectivity index (χ3n) is 4.14. The number of hydrogen-bond acceptors (Lipinski definition) is 3. The Kier molecular flexibility index (Phi) is 6.56. The number of carbonyl (C=O) groups excluding carboxylic acids is 2. The third kappa shape index (κ3) is 4.31. The summed E-state index contributed by atoms with van der Waals surface area (Å²) < 4.78 is 0. The fourth-order valence-corrected chi connectivity index (χ4v) is 2.18. The number of benzene rings is 1. The first-order valence-electron chi connectivity index (χ1n) is 7.81. The Morgan fingerprint density at radius 3 is 2.14 bits per heavy atom. The molecule has 0 saturated heterocycles. The van der Waals surface area contributed by atoms with Gasteiger partial charge in [-0.05, 0) is 31.0 Å². The summed E-state index contributed by atoms with van der Waals surface area (Å²) in [5, 5.41) is 5.73. The number of amides is 2. The molecule has 4 N–H and O–H groups in total. The molecule has 0 aliphatic carbocycles. The van der Waals surface area contributed by atoms with Crippen molar-refractivity contribution in [2.75, 3.05) is 17.2 Å². The van der Waals surface area contributed by atoms with Crippen LogP contribution in [-0.4, -0.2) is 18.4 Å². The third-order valence-corrected chi connectivity index (χ3v) is 4.14. The van der Waals surface area contributed by atoms with Crippen LogP contribution in [0.2, 0.25) is 0 Å². The zero-order valence-corrected chi connectivity index (χ0v) is 13.9. The van der Waals surface area contributed by atoms with Crippen molar-refractivity contribution in [3.05, 3.63) is 24.3 Å². The molecule has 0 aromatic heterocycles. The highest BCUT2D eigenvalue weighted by atomic mass is 16.2. The van der Waals surface area contributed by atoms with E-state index in [1.54, 1.807) is 24.3 Å². The maximum absolute atomic E-state index is 12.5. The van der Waals surface area contributed by atoms with Gasteiger partial charge >= 0.3 is 0 Å². The van der Waals surface area contributed by atoms with Gasteiger partial charge in [-0.15, -0.1) is 0 Å². The van der Waals surface area contributed by atoms with E-state index in [2.05, 4.69) is 10.6 Å². The molecule has 0 atom stereocenters. The second-order valence-corrected chi connectivity index (χ2v) is 5.87. The minimum Gasteiger partial charge on any atom is -0.329 e. The first-order valence-corrected chi connectivity index (χ1v) is 7.81. The summed E-state index contributed by atoms with van der Waals surface area (Å²) >= 11 is 0. The van der Waals surface area contributed by atoms with E-state index >= 15 is 0 Å². The average Bonchev–Trinajstić information content (AvgIpc) is 2.49. The molecule has 0 spiro atoms. The Labute approximate surface area is 132 Å². The number of nitrogens with two attached hydrogens (primary N) is 1. The van der Waals surface area contributed by atoms with Crippen molar-refractivity contribution in [1.82, 2.24) is 0 Å². The van der Waals surface area contributed by atoms with Gasteiger partial charge in [0.1, 0.15) is 0 Å². The highest BCUT2D eigenvalue weighted by Crippen LogP contribution is 2.27. The molecule has 0 unspecified atom stereocenters. The summed E-state index contributed by atoms with van der Waals surface area (Å²) in [5.74, 6) is -0.224. The minimum absolute atomic E-state index is 0.0538. The predicted octanol–water partition coefficient (Wildman–Crippen LogP) is 2.98. The molecule has 1 aromatic carbocycles. The topological polar surface area (TPSA) is 84.2 Å². The van der Waals surface area contributed by atoms with Gasteiger partial charge in [-0.1, -0.05) is 33.8 Å². The quantitative estimate of drug-likeness (QED) is 0.724. The van der Waals surface area contributed by atoms with E-state index in [9.17, 15) is 9.59 Å². The van der Waals surface area contributed by atoms with Crippen LogP contribution in [0.25, 0.3) is 0 Å². The molecule has 122 valence electrons. The second-order valence-electron chi connectivity index (χ2n) is 5.87. The summed E-state index contributed by atoms with van der Waals surface area (Å²) in [4.78, 5) is 24.2. The van der Waals surface area contributed by atoms with E-state index in [4.69, 9.17) is 5.73 Å². The lowest BCUT2D eigenvalue weighted by molar-refractivity contribution is -0.125. The van der Waals surface area contributed by atoms with E-state index in [1.807, 2.05) is 27.7 Å². The van der Waals surface area contributed by atoms with Crippen LogP contribution in [0.5, 0.6) is 0 Å². The number of carbonyl (C=O) groups is 2. The zero-order valence-electron chi connectivity index (χ0n) is 13.9. The van der Waals surface area contributed by atoms with Gasteiger partial charge in [-0.3, -0.25) is 9.59 Å². The molecule has 0 bridgehead atoms. The van der Waals surface area contributed by atoms with Gasteiger partial charge in [-0.25, -0.2) is 0 Å². The Balaban J connectivity index is 2.86. The van der Waals surface area contributed by atoms with E-state index in [0.29, 0.717) is 30.8 Å². The summed E-state index contributed by atoms with van der Waals surface area (Å²) in [6.45, 7) is 7.91. The zero-order chi connectivity index (χ0) is 16.8. The van der Waals surface area contributed by atoms with Crippen molar-refractivity contribution < 1.29 is 9.59 Å². The van der Waals surface area contributed by atoms with Crippen LogP contribution in [0, 0.1) is 11.3 Å². The molecule has 22 heavy (non-hydrogen) atoms. The summed E-state index contributed by atoms with van der Waals surface area (Å²) in [6, 6.07) is 7.15. The van der Waals surface area contributed by atoms with Crippen molar-refractivity contribution in [3.63, 3.8) is 0 Å². The van der Waals surface area contributed by atoms with Crippen molar-refractivity contribution in [3.8, 4) is 0 Å². The molecule has 0 aliphatic rings. The number of nitrogens with one attached hydrogen (secondary N) is 2. The average molecular weight is 305 g/mol. The molecule has 1 aromatic rings. The molecule has 0 saturated carbocycles. The van der Waals surface area contributed by atoms with Gasteiger partial charge in [0, 0.05) is 23.8 Å². The van der Waals surface area contributed by atoms with Crippen LogP contribution >= 0.6 is 0 Å². The molecular weight excluding hydrogens is 278 g/mol. The maximum Gasteiger partial charge on any atom is 0.231 e. The molecule has 1 rings (SSSR count). The highest BCUT2D eigenvalue weighted by molar-refractivity contribution is 5.97. The highest BCUT2D eigenvalue weighted by Gasteiger charge is 2.33. The lowest BCUT2D eigenvalue weighted by Gasteiger charge is -2.28. The molecule has 0 heterocycles. The molecule has 5 nitrogen and oxygen atoms in total. The number of hydrogen-bond donors (Lipinski definition) is 3. The molecule has 0 fully saturated rings. The van der Waals surface area contributed by atoms with Gasteiger partial charge < -0.3 is 16.4 Å². The second kappa shape index (κ2) is 7.94. The number of rotatable bonds is 7. The molecule has 5 heteroatoms. The van der Waals surface area contributed by atoms with Gasteiger partial charge in [0.2, 0.25) is 11.8 Å². The summed E-state index contributed by atoms with van der Waals surface area (Å²) in [7, 11) is 0. The standard InChI is InChI=1S/C17H27N3O2/c1-5-17(6-2,11-18)16(22)20-14-9-7-8-13(10-14)19-15(21)12(3)4/h7-10,12H,5-6,11,18H2,1-4H3,(H,19,21)(H,20,22). The summed E-state index contributed by atoms with van der Waals surface area (Å²) in [5.41, 5.74) is 6.58. The van der Waals surface area contributed by atoms with E-state index < -0.39 is 5.41 Å². The van der Waals surface area contributed by atoms with E-state index in [1.165, 1.54) is 0 Å². The van der Waals surface area contributed by atoms with Crippen LogP contribution < -0.4 is 16.4 Å². The molecular formula is C17H27N3O2. The SMILES string of the molecule is CCC(CC)(CN)C(=O)Nc1cccc(NC(=O)C(C)C)c1. The lowest BCUT2D eigenvalue weighted by atomic mass is 9.81.